The largest absolute Gasteiger partial charge is 0.444 e. The van der Waals surface area contributed by atoms with Gasteiger partial charge in [-0.05, 0) is 31.9 Å². The zero-order valence-electron chi connectivity index (χ0n) is 13.8. The third-order valence-electron chi connectivity index (χ3n) is 2.82. The van der Waals surface area contributed by atoms with Crippen molar-refractivity contribution in [2.24, 2.45) is 0 Å². The summed E-state index contributed by atoms with van der Waals surface area (Å²) in [5, 5.41) is 8.69. The van der Waals surface area contributed by atoms with Gasteiger partial charge in [-0.2, -0.15) is 5.26 Å². The molecular formula is C17H24N2O3. The second-order valence-corrected chi connectivity index (χ2v) is 6.11. The molecule has 0 aromatic heterocycles. The standard InChI is InChI=1S/C17H24N2O3/c1-17(2,3)22-16(20)19(4)10-11-21-13-15-7-5-6-14(12-15)8-9-18/h5-7,12H,8,10-11,13H2,1-4H3. The van der Waals surface area contributed by atoms with Gasteiger partial charge in [0, 0.05) is 13.6 Å². The molecule has 5 nitrogen and oxygen atoms in total. The van der Waals surface area contributed by atoms with Gasteiger partial charge in [-0.25, -0.2) is 4.79 Å². The van der Waals surface area contributed by atoms with Gasteiger partial charge < -0.3 is 14.4 Å². The lowest BCUT2D eigenvalue weighted by atomic mass is 10.1. The number of carbonyl (C=O) groups is 1. The van der Waals surface area contributed by atoms with E-state index < -0.39 is 5.60 Å². The molecule has 0 aliphatic carbocycles. The summed E-state index contributed by atoms with van der Waals surface area (Å²) in [5.74, 6) is 0. The van der Waals surface area contributed by atoms with Crippen molar-refractivity contribution < 1.29 is 14.3 Å². The van der Waals surface area contributed by atoms with Crippen LogP contribution in [0, 0.1) is 11.3 Å². The summed E-state index contributed by atoms with van der Waals surface area (Å²) in [7, 11) is 1.69. The summed E-state index contributed by atoms with van der Waals surface area (Å²) in [5.41, 5.74) is 1.51. The van der Waals surface area contributed by atoms with Crippen LogP contribution in [-0.2, 0) is 22.5 Å². The second-order valence-electron chi connectivity index (χ2n) is 6.11. The van der Waals surface area contributed by atoms with E-state index in [-0.39, 0.29) is 6.09 Å². The number of nitriles is 1. The van der Waals surface area contributed by atoms with Crippen LogP contribution in [0.4, 0.5) is 4.79 Å². The number of likely N-dealkylation sites (N-methyl/N-ethyl adjacent to an activating group) is 1. The highest BCUT2D eigenvalue weighted by Gasteiger charge is 2.19. The van der Waals surface area contributed by atoms with E-state index in [0.717, 1.165) is 11.1 Å². The van der Waals surface area contributed by atoms with Crippen molar-refractivity contribution in [1.29, 1.82) is 5.26 Å². The molecule has 0 N–H and O–H groups in total. The van der Waals surface area contributed by atoms with E-state index >= 15 is 0 Å². The molecule has 0 spiro atoms. The molecule has 120 valence electrons. The minimum atomic E-state index is -0.493. The molecule has 0 saturated carbocycles. The van der Waals surface area contributed by atoms with Crippen molar-refractivity contribution in [2.45, 2.75) is 39.4 Å². The molecule has 1 amide bonds. The van der Waals surface area contributed by atoms with Gasteiger partial charge in [0.1, 0.15) is 5.60 Å². The average molecular weight is 304 g/mol. The average Bonchev–Trinajstić information content (AvgIpc) is 2.42. The monoisotopic (exact) mass is 304 g/mol. The molecule has 22 heavy (non-hydrogen) atoms. The fourth-order valence-corrected chi connectivity index (χ4v) is 1.74. The fourth-order valence-electron chi connectivity index (χ4n) is 1.74. The van der Waals surface area contributed by atoms with Crippen molar-refractivity contribution in [1.82, 2.24) is 4.90 Å². The Morgan fingerprint density at radius 2 is 2.00 bits per heavy atom. The Morgan fingerprint density at radius 3 is 2.64 bits per heavy atom. The Morgan fingerprint density at radius 1 is 1.32 bits per heavy atom. The Bertz CT molecular complexity index is 529. The minimum absolute atomic E-state index is 0.355. The van der Waals surface area contributed by atoms with E-state index in [2.05, 4.69) is 6.07 Å². The van der Waals surface area contributed by atoms with E-state index in [0.29, 0.717) is 26.2 Å². The van der Waals surface area contributed by atoms with Gasteiger partial charge in [-0.1, -0.05) is 24.3 Å². The minimum Gasteiger partial charge on any atom is -0.444 e. The molecule has 0 aliphatic heterocycles. The molecular weight excluding hydrogens is 280 g/mol. The van der Waals surface area contributed by atoms with Crippen LogP contribution in [0.2, 0.25) is 0 Å². The lowest BCUT2D eigenvalue weighted by Gasteiger charge is -2.24. The quantitative estimate of drug-likeness (QED) is 0.757. The molecule has 1 aromatic carbocycles. The lowest BCUT2D eigenvalue weighted by molar-refractivity contribution is 0.0221. The summed E-state index contributed by atoms with van der Waals surface area (Å²) in [6.45, 7) is 6.86. The smallest absolute Gasteiger partial charge is 0.410 e. The van der Waals surface area contributed by atoms with Gasteiger partial charge in [0.25, 0.3) is 0 Å². The van der Waals surface area contributed by atoms with Gasteiger partial charge >= 0.3 is 6.09 Å². The van der Waals surface area contributed by atoms with Gasteiger partial charge in [-0.3, -0.25) is 0 Å². The summed E-state index contributed by atoms with van der Waals surface area (Å²) < 4.78 is 10.8. The Labute approximate surface area is 132 Å². The maximum atomic E-state index is 11.8. The molecule has 1 rings (SSSR count). The molecule has 0 unspecified atom stereocenters. The lowest BCUT2D eigenvalue weighted by Crippen LogP contribution is -2.36. The number of nitrogens with zero attached hydrogens (tertiary/aromatic N) is 2. The predicted octanol–water partition coefficient (Wildman–Crippen LogP) is 3.14. The Kier molecular flexibility index (Phi) is 6.87. The van der Waals surface area contributed by atoms with Gasteiger partial charge in [-0.15, -0.1) is 0 Å². The maximum Gasteiger partial charge on any atom is 0.410 e. The summed E-state index contributed by atoms with van der Waals surface area (Å²) in [4.78, 5) is 13.3. The van der Waals surface area contributed by atoms with Crippen LogP contribution in [0.1, 0.15) is 31.9 Å². The summed E-state index contributed by atoms with van der Waals surface area (Å²) >= 11 is 0. The first kappa shape index (κ1) is 18.0. The number of benzene rings is 1. The molecule has 0 aliphatic rings. The number of ether oxygens (including phenoxy) is 2. The number of amides is 1. The SMILES string of the molecule is CN(CCOCc1cccc(CC#N)c1)C(=O)OC(C)(C)C. The van der Waals surface area contributed by atoms with Crippen LogP contribution in [0.5, 0.6) is 0 Å². The van der Waals surface area contributed by atoms with Crippen molar-refractivity contribution in [3.63, 3.8) is 0 Å². The fraction of sp³-hybridized carbons (Fsp3) is 0.529. The molecule has 0 bridgehead atoms. The number of hydrogen-bond donors (Lipinski definition) is 0. The topological polar surface area (TPSA) is 62.6 Å². The van der Waals surface area contributed by atoms with Crippen LogP contribution in [0.25, 0.3) is 0 Å². The first-order valence-electron chi connectivity index (χ1n) is 7.28. The van der Waals surface area contributed by atoms with Crippen LogP contribution < -0.4 is 0 Å². The van der Waals surface area contributed by atoms with Gasteiger partial charge in [0.15, 0.2) is 0 Å². The predicted molar refractivity (Wildman–Crippen MR) is 84.3 cm³/mol. The van der Waals surface area contributed by atoms with E-state index in [9.17, 15) is 4.79 Å². The van der Waals surface area contributed by atoms with E-state index in [4.69, 9.17) is 14.7 Å². The highest BCUT2D eigenvalue weighted by atomic mass is 16.6. The Hall–Kier alpha value is -2.06. The highest BCUT2D eigenvalue weighted by Crippen LogP contribution is 2.09. The number of rotatable bonds is 6. The first-order valence-corrected chi connectivity index (χ1v) is 7.28. The third kappa shape index (κ3) is 7.09. The van der Waals surface area contributed by atoms with Crippen molar-refractivity contribution >= 4 is 6.09 Å². The third-order valence-corrected chi connectivity index (χ3v) is 2.82. The maximum absolute atomic E-state index is 11.8. The van der Waals surface area contributed by atoms with Crippen LogP contribution >= 0.6 is 0 Å². The zero-order valence-corrected chi connectivity index (χ0v) is 13.8. The summed E-state index contributed by atoms with van der Waals surface area (Å²) in [6, 6.07) is 9.88. The molecule has 0 saturated heterocycles. The van der Waals surface area contributed by atoms with Crippen molar-refractivity contribution in [2.75, 3.05) is 20.2 Å². The summed E-state index contributed by atoms with van der Waals surface area (Å²) in [6.07, 6.45) is 0.0435. The molecule has 0 atom stereocenters. The van der Waals surface area contributed by atoms with Crippen molar-refractivity contribution in [3.05, 3.63) is 35.4 Å². The van der Waals surface area contributed by atoms with E-state index in [1.165, 1.54) is 4.90 Å². The highest BCUT2D eigenvalue weighted by molar-refractivity contribution is 5.67. The van der Waals surface area contributed by atoms with Gasteiger partial charge in [0.2, 0.25) is 0 Å². The van der Waals surface area contributed by atoms with Crippen LogP contribution in [-0.4, -0.2) is 36.8 Å². The van der Waals surface area contributed by atoms with Gasteiger partial charge in [0.05, 0.1) is 25.7 Å². The Balaban J connectivity index is 2.32. The number of hydrogen-bond acceptors (Lipinski definition) is 4. The van der Waals surface area contributed by atoms with E-state index in [1.807, 2.05) is 45.0 Å². The second kappa shape index (κ2) is 8.40. The number of carbonyl (C=O) groups excluding carboxylic acids is 1. The molecule has 5 heteroatoms. The van der Waals surface area contributed by atoms with Crippen molar-refractivity contribution in [3.8, 4) is 6.07 Å². The molecule has 1 aromatic rings. The van der Waals surface area contributed by atoms with E-state index in [1.54, 1.807) is 7.05 Å². The molecule has 0 fully saturated rings. The van der Waals surface area contributed by atoms with Crippen LogP contribution in [0.15, 0.2) is 24.3 Å². The first-order chi connectivity index (χ1) is 10.3. The van der Waals surface area contributed by atoms with Crippen LogP contribution in [0.3, 0.4) is 0 Å². The molecule has 0 heterocycles. The normalized spacial score (nSPS) is 10.9. The molecule has 0 radical (unpaired) electrons. The zero-order chi connectivity index (χ0) is 16.6.